The summed E-state index contributed by atoms with van der Waals surface area (Å²) in [5, 5.41) is 74.3. The number of hydrogen-bond acceptors (Lipinski definition) is 15. The number of fused-ring (bicyclic) bond motifs is 7. The Balaban J connectivity index is 1.08. The molecule has 3 saturated carbocycles. The van der Waals surface area contributed by atoms with Crippen molar-refractivity contribution in [1.82, 2.24) is 0 Å². The molecule has 0 bridgehead atoms. The van der Waals surface area contributed by atoms with Crippen LogP contribution in [-0.2, 0) is 38.0 Å². The third kappa shape index (κ3) is 6.39. The number of aliphatic hydroxyl groups excluding tert-OH is 7. The van der Waals surface area contributed by atoms with E-state index in [1.165, 1.54) is 6.92 Å². The van der Waals surface area contributed by atoms with Gasteiger partial charge in [0.2, 0.25) is 0 Å². The van der Waals surface area contributed by atoms with Gasteiger partial charge >= 0.3 is 11.9 Å². The summed E-state index contributed by atoms with van der Waals surface area (Å²) in [6.07, 6.45) is -8.62. The summed E-state index contributed by atoms with van der Waals surface area (Å²) in [7, 11) is 0. The molecule has 7 rings (SSSR count). The van der Waals surface area contributed by atoms with Gasteiger partial charge in [0.25, 0.3) is 0 Å². The highest BCUT2D eigenvalue weighted by Gasteiger charge is 2.77. The van der Waals surface area contributed by atoms with Gasteiger partial charge in [-0.2, -0.15) is 0 Å². The molecule has 4 aliphatic heterocycles. The Labute approximate surface area is 335 Å². The van der Waals surface area contributed by atoms with Gasteiger partial charge < -0.3 is 64.2 Å². The first-order valence-electron chi connectivity index (χ1n) is 20.9. The predicted molar refractivity (Wildman–Crippen MR) is 199 cm³/mol. The van der Waals surface area contributed by atoms with Crippen molar-refractivity contribution in [2.24, 2.45) is 45.3 Å². The normalized spacial score (nSPS) is 53.0. The fourth-order valence-electron chi connectivity index (χ4n) is 13.1. The molecule has 20 unspecified atom stereocenters. The van der Waals surface area contributed by atoms with Crippen molar-refractivity contribution in [2.45, 2.75) is 180 Å². The third-order valence-electron chi connectivity index (χ3n) is 16.6. The average Bonchev–Trinajstić information content (AvgIpc) is 3.43. The highest BCUT2D eigenvalue weighted by molar-refractivity contribution is 5.86. The number of carbonyl (C=O) groups is 2. The predicted octanol–water partition coefficient (Wildman–Crippen LogP) is 1.48. The average molecular weight is 811 g/mol. The van der Waals surface area contributed by atoms with Crippen LogP contribution in [0.3, 0.4) is 0 Å². The summed E-state index contributed by atoms with van der Waals surface area (Å²) in [5.74, 6) is -1.70. The minimum absolute atomic E-state index is 0.0908. The van der Waals surface area contributed by atoms with Crippen LogP contribution < -0.4 is 0 Å². The molecule has 0 spiro atoms. The van der Waals surface area contributed by atoms with Crippen LogP contribution in [-0.4, -0.2) is 140 Å². The van der Waals surface area contributed by atoms with Crippen LogP contribution in [0.1, 0.15) is 100 Å². The minimum Gasteiger partial charge on any atom is -0.457 e. The monoisotopic (exact) mass is 810 g/mol. The first kappa shape index (κ1) is 43.3. The molecule has 7 aliphatic rings. The molecule has 0 aromatic heterocycles. The number of carbonyl (C=O) groups excluding carboxylic acids is 2. The number of esters is 2. The Morgan fingerprint density at radius 2 is 1.47 bits per heavy atom. The molecule has 7 fully saturated rings. The maximum absolute atomic E-state index is 14.6. The number of allylic oxidation sites excluding steroid dienone is 1. The second-order valence-corrected chi connectivity index (χ2v) is 19.9. The van der Waals surface area contributed by atoms with Crippen LogP contribution in [0.25, 0.3) is 0 Å². The lowest BCUT2D eigenvalue weighted by atomic mass is 9.34. The van der Waals surface area contributed by atoms with Gasteiger partial charge in [0.15, 0.2) is 18.2 Å². The van der Waals surface area contributed by atoms with Gasteiger partial charge in [-0.1, -0.05) is 39.3 Å². The van der Waals surface area contributed by atoms with E-state index >= 15 is 0 Å². The molecule has 0 aromatic rings. The van der Waals surface area contributed by atoms with Crippen molar-refractivity contribution < 1.29 is 73.8 Å². The van der Waals surface area contributed by atoms with Crippen molar-refractivity contribution in [3.8, 4) is 0 Å². The molecule has 20 atom stereocenters. The Morgan fingerprint density at radius 3 is 2.14 bits per heavy atom. The number of ether oxygens (including phenoxy) is 6. The zero-order chi connectivity index (χ0) is 41.8. The van der Waals surface area contributed by atoms with E-state index in [2.05, 4.69) is 27.7 Å². The van der Waals surface area contributed by atoms with Crippen molar-refractivity contribution in [3.63, 3.8) is 0 Å². The molecule has 4 saturated heterocycles. The van der Waals surface area contributed by atoms with E-state index in [1.807, 2.05) is 26.8 Å². The standard InChI is InChI=1S/C42H66O15/c1-19(2)9-12-26-42(18-43)27(34(50)55-26)21-10-11-24-39(6)15-14-25(38(4,5)23(39)13-16-40(24,7)41(21,8)37(51)57-42)56-36-33(49)31(47)29(45)22(54-36)17-52-35-32(48)30(46)28(44)20(3)53-35/h9,20-33,35-36,43-49H,10-18H2,1-8H3. The Hall–Kier alpha value is -1.76. The van der Waals surface area contributed by atoms with Crippen LogP contribution in [0.2, 0.25) is 0 Å². The minimum atomic E-state index is -1.64. The second-order valence-electron chi connectivity index (χ2n) is 19.9. The van der Waals surface area contributed by atoms with Crippen molar-refractivity contribution in [3.05, 3.63) is 11.6 Å². The molecule has 3 aliphatic carbocycles. The number of aliphatic hydroxyl groups is 7. The lowest BCUT2D eigenvalue weighted by molar-refractivity contribution is -0.344. The van der Waals surface area contributed by atoms with Crippen LogP contribution in [0.15, 0.2) is 11.6 Å². The summed E-state index contributed by atoms with van der Waals surface area (Å²) in [6.45, 7) is 15.3. The summed E-state index contributed by atoms with van der Waals surface area (Å²) in [5.41, 5.74) is -2.64. The van der Waals surface area contributed by atoms with Crippen LogP contribution >= 0.6 is 0 Å². The third-order valence-corrected chi connectivity index (χ3v) is 16.6. The van der Waals surface area contributed by atoms with Crippen molar-refractivity contribution in [1.29, 1.82) is 0 Å². The van der Waals surface area contributed by atoms with Gasteiger partial charge in [0, 0.05) is 6.42 Å². The second kappa shape index (κ2) is 15.0. The molecule has 57 heavy (non-hydrogen) atoms. The maximum Gasteiger partial charge on any atom is 0.314 e. The van der Waals surface area contributed by atoms with E-state index in [1.54, 1.807) is 0 Å². The molecule has 7 N–H and O–H groups in total. The number of hydrogen-bond donors (Lipinski definition) is 7. The highest BCUT2D eigenvalue weighted by Crippen LogP contribution is 2.75. The number of rotatable bonds is 8. The molecular weight excluding hydrogens is 744 g/mol. The molecule has 4 heterocycles. The Morgan fingerprint density at radius 1 is 0.807 bits per heavy atom. The zero-order valence-electron chi connectivity index (χ0n) is 34.6. The van der Waals surface area contributed by atoms with Gasteiger partial charge in [-0.25, -0.2) is 0 Å². The molecule has 15 heteroatoms. The van der Waals surface area contributed by atoms with E-state index in [0.29, 0.717) is 25.7 Å². The van der Waals surface area contributed by atoms with Crippen LogP contribution in [0.5, 0.6) is 0 Å². The van der Waals surface area contributed by atoms with E-state index in [4.69, 9.17) is 28.4 Å². The van der Waals surface area contributed by atoms with Gasteiger partial charge in [0.05, 0.1) is 30.8 Å². The van der Waals surface area contributed by atoms with E-state index < -0.39 is 114 Å². The lowest BCUT2D eigenvalue weighted by Gasteiger charge is -2.71. The first-order valence-corrected chi connectivity index (χ1v) is 20.9. The Bertz CT molecular complexity index is 1570. The van der Waals surface area contributed by atoms with E-state index in [9.17, 15) is 45.3 Å². The van der Waals surface area contributed by atoms with Gasteiger partial charge in [-0.3, -0.25) is 9.59 Å². The van der Waals surface area contributed by atoms with E-state index in [-0.39, 0.29) is 35.7 Å². The van der Waals surface area contributed by atoms with Crippen LogP contribution in [0, 0.1) is 45.3 Å². The lowest BCUT2D eigenvalue weighted by Crippen LogP contribution is -2.72. The topological polar surface area (TPSA) is 231 Å². The molecular formula is C42H66O15. The largest absolute Gasteiger partial charge is 0.457 e. The molecule has 15 nitrogen and oxygen atoms in total. The molecule has 0 aromatic carbocycles. The maximum atomic E-state index is 14.6. The highest BCUT2D eigenvalue weighted by atomic mass is 16.7. The van der Waals surface area contributed by atoms with Crippen molar-refractivity contribution in [2.75, 3.05) is 13.2 Å². The van der Waals surface area contributed by atoms with Gasteiger partial charge in [0.1, 0.15) is 54.7 Å². The quantitative estimate of drug-likeness (QED) is 0.105. The summed E-state index contributed by atoms with van der Waals surface area (Å²) < 4.78 is 36.1. The summed E-state index contributed by atoms with van der Waals surface area (Å²) in [6, 6.07) is 0. The molecule has 324 valence electrons. The smallest absolute Gasteiger partial charge is 0.314 e. The molecule has 0 amide bonds. The zero-order valence-corrected chi connectivity index (χ0v) is 34.6. The molecule has 0 radical (unpaired) electrons. The summed E-state index contributed by atoms with van der Waals surface area (Å²) in [4.78, 5) is 28.4. The van der Waals surface area contributed by atoms with Gasteiger partial charge in [-0.05, 0) is 100 Å². The SMILES string of the molecule is CC(C)=CCC1OC(=O)C2C3CCC4C5(C)CCC(OC6OC(COC7OC(C)C(O)C(O)C7O)C(O)C(O)C6O)C(C)(C)C5CCC4(C)C3(C)C(=O)OC12CO. The fraction of sp³-hybridized carbons (Fsp3) is 0.905. The van der Waals surface area contributed by atoms with Crippen LogP contribution in [0.4, 0.5) is 0 Å². The van der Waals surface area contributed by atoms with Crippen molar-refractivity contribution >= 4 is 11.9 Å². The number of cyclic esters (lactones) is 1. The first-order chi connectivity index (χ1) is 26.6. The fourth-order valence-corrected chi connectivity index (χ4v) is 13.1. The van der Waals surface area contributed by atoms with E-state index in [0.717, 1.165) is 24.8 Å². The Kier molecular flexibility index (Phi) is 11.4. The van der Waals surface area contributed by atoms with Gasteiger partial charge in [-0.15, -0.1) is 0 Å². The summed E-state index contributed by atoms with van der Waals surface area (Å²) >= 11 is 0.